The molecule has 0 unspecified atom stereocenters. The van der Waals surface area contributed by atoms with E-state index in [9.17, 15) is 0 Å². The highest BCUT2D eigenvalue weighted by atomic mass is 15.3. The second-order valence-electron chi connectivity index (χ2n) is 4.97. The summed E-state index contributed by atoms with van der Waals surface area (Å²) < 4.78 is 2.18. The van der Waals surface area contributed by atoms with Crippen LogP contribution in [0.2, 0.25) is 0 Å². The lowest BCUT2D eigenvalue weighted by atomic mass is 9.88. The smallest absolute Gasteiger partial charge is 0.230 e. The Hall–Kier alpha value is -1.03. The maximum absolute atomic E-state index is 2.18. The largest absolute Gasteiger partial charge is 0.377 e. The van der Waals surface area contributed by atoms with Gasteiger partial charge in [0, 0.05) is 28.2 Å². The molecule has 0 spiro atoms. The van der Waals surface area contributed by atoms with Crippen LogP contribution in [0.5, 0.6) is 0 Å². The van der Waals surface area contributed by atoms with E-state index in [1.807, 2.05) is 0 Å². The minimum absolute atomic E-state index is 1.30. The number of hydrogen-bond acceptors (Lipinski definition) is 3. The summed E-state index contributed by atoms with van der Waals surface area (Å²) in [6.07, 6.45) is 0. The van der Waals surface area contributed by atoms with Crippen LogP contribution in [0, 0.1) is 6.04 Å². The molecule has 0 fully saturated rings. The van der Waals surface area contributed by atoms with Gasteiger partial charge in [-0.25, -0.2) is 4.58 Å². The number of rotatable bonds is 3. The number of nitrogens with zero attached hydrogens (tertiary/aromatic N) is 4. The lowest BCUT2D eigenvalue weighted by molar-refractivity contribution is -0.466. The third-order valence-electron chi connectivity index (χ3n) is 2.69. The summed E-state index contributed by atoms with van der Waals surface area (Å²) in [4.78, 5) is 6.53. The molecular weight excluding hydrogens is 200 g/mol. The average molecular weight is 224 g/mol. The fraction of sp³-hybridized carbons (Fsp3) is 0.667. The molecule has 1 aliphatic rings. The summed E-state index contributed by atoms with van der Waals surface area (Å²) in [6, 6.07) is 1.30. The van der Waals surface area contributed by atoms with Crippen molar-refractivity contribution in [2.75, 3.05) is 56.4 Å². The molecule has 1 rings (SSSR count). The van der Waals surface area contributed by atoms with Gasteiger partial charge in [0.05, 0.1) is 5.70 Å². The van der Waals surface area contributed by atoms with Gasteiger partial charge in [-0.1, -0.05) is 0 Å². The molecule has 0 atom stereocenters. The quantitative estimate of drug-likeness (QED) is 0.633. The maximum Gasteiger partial charge on any atom is 0.230 e. The van der Waals surface area contributed by atoms with Crippen molar-refractivity contribution < 1.29 is 4.58 Å². The monoisotopic (exact) mass is 224 g/mol. The SMILES string of the molecule is CN(C)[C]1C(N(C)C)=C(N(C)C)C1=[N+](C)C. The standard InChI is InChI=1S/C12H24N4/c1-13(2)9-10(14(3)4)12(16(7)8)11(9)15(5)6/h1-8H3/q+1. The van der Waals surface area contributed by atoms with Gasteiger partial charge in [-0.3, -0.25) is 4.90 Å². The molecule has 0 aromatic carbocycles. The Balaban J connectivity index is 3.29. The molecule has 0 amide bonds. The molecule has 0 saturated heterocycles. The highest BCUT2D eigenvalue weighted by Gasteiger charge is 2.47. The van der Waals surface area contributed by atoms with E-state index in [2.05, 4.69) is 75.7 Å². The highest BCUT2D eigenvalue weighted by Crippen LogP contribution is 2.37. The van der Waals surface area contributed by atoms with Gasteiger partial charge in [0.1, 0.15) is 19.8 Å². The average Bonchev–Trinajstić information content (AvgIpc) is 1.97. The fourth-order valence-electron chi connectivity index (χ4n) is 2.08. The third-order valence-corrected chi connectivity index (χ3v) is 2.69. The lowest BCUT2D eigenvalue weighted by Crippen LogP contribution is -2.50. The van der Waals surface area contributed by atoms with E-state index in [1.54, 1.807) is 0 Å². The van der Waals surface area contributed by atoms with Gasteiger partial charge in [0.25, 0.3) is 0 Å². The zero-order valence-corrected chi connectivity index (χ0v) is 11.8. The van der Waals surface area contributed by atoms with Crippen LogP contribution in [0.3, 0.4) is 0 Å². The Morgan fingerprint density at radius 1 is 0.688 bits per heavy atom. The van der Waals surface area contributed by atoms with Crippen molar-refractivity contribution in [1.82, 2.24) is 14.7 Å². The van der Waals surface area contributed by atoms with Gasteiger partial charge >= 0.3 is 0 Å². The molecule has 91 valence electrons. The van der Waals surface area contributed by atoms with Crippen LogP contribution in [-0.2, 0) is 0 Å². The van der Waals surface area contributed by atoms with Crippen molar-refractivity contribution >= 4 is 5.71 Å². The van der Waals surface area contributed by atoms with Crippen molar-refractivity contribution in [3.8, 4) is 0 Å². The maximum atomic E-state index is 2.18. The molecule has 1 aliphatic carbocycles. The normalized spacial score (nSPS) is 16.7. The molecule has 0 aromatic heterocycles. The first kappa shape index (κ1) is 13.0. The summed E-state index contributed by atoms with van der Waals surface area (Å²) in [5, 5.41) is 0. The van der Waals surface area contributed by atoms with Crippen LogP contribution >= 0.6 is 0 Å². The number of likely N-dealkylation sites (N-methyl/N-ethyl adjacent to an activating group) is 2. The Labute approximate surface area is 99.4 Å². The van der Waals surface area contributed by atoms with Crippen molar-refractivity contribution in [3.63, 3.8) is 0 Å². The van der Waals surface area contributed by atoms with Crippen molar-refractivity contribution in [3.05, 3.63) is 17.4 Å². The lowest BCUT2D eigenvalue weighted by Gasteiger charge is -2.41. The van der Waals surface area contributed by atoms with Crippen LogP contribution in [0.25, 0.3) is 0 Å². The van der Waals surface area contributed by atoms with E-state index < -0.39 is 0 Å². The van der Waals surface area contributed by atoms with Gasteiger partial charge in [0.15, 0.2) is 6.04 Å². The Morgan fingerprint density at radius 2 is 1.12 bits per heavy atom. The molecule has 0 aliphatic heterocycles. The summed E-state index contributed by atoms with van der Waals surface area (Å²) in [5.41, 5.74) is 3.91. The van der Waals surface area contributed by atoms with Crippen molar-refractivity contribution in [2.45, 2.75) is 0 Å². The van der Waals surface area contributed by atoms with E-state index in [1.165, 1.54) is 23.1 Å². The molecule has 0 heterocycles. The van der Waals surface area contributed by atoms with Gasteiger partial charge in [-0.15, -0.1) is 0 Å². The topological polar surface area (TPSA) is 12.7 Å². The Morgan fingerprint density at radius 3 is 1.38 bits per heavy atom. The van der Waals surface area contributed by atoms with Crippen LogP contribution in [-0.4, -0.2) is 81.4 Å². The van der Waals surface area contributed by atoms with E-state index in [-0.39, 0.29) is 0 Å². The van der Waals surface area contributed by atoms with Crippen LogP contribution in [0.15, 0.2) is 11.4 Å². The minimum atomic E-state index is 1.30. The Bertz CT molecular complexity index is 333. The summed E-state index contributed by atoms with van der Waals surface area (Å²) in [6.45, 7) is 0. The second-order valence-corrected chi connectivity index (χ2v) is 4.97. The summed E-state index contributed by atoms with van der Waals surface area (Å²) in [7, 11) is 16.7. The summed E-state index contributed by atoms with van der Waals surface area (Å²) in [5.74, 6) is 0. The Kier molecular flexibility index (Phi) is 3.63. The molecule has 16 heavy (non-hydrogen) atoms. The van der Waals surface area contributed by atoms with E-state index in [4.69, 9.17) is 0 Å². The van der Waals surface area contributed by atoms with E-state index in [0.717, 1.165) is 0 Å². The molecular formula is C12H24N4+. The summed E-state index contributed by atoms with van der Waals surface area (Å²) >= 11 is 0. The number of hydrogen-bond donors (Lipinski definition) is 0. The fourth-order valence-corrected chi connectivity index (χ4v) is 2.08. The highest BCUT2D eigenvalue weighted by molar-refractivity contribution is 6.16. The van der Waals surface area contributed by atoms with Gasteiger partial charge in [0.2, 0.25) is 5.71 Å². The van der Waals surface area contributed by atoms with E-state index >= 15 is 0 Å². The zero-order valence-electron chi connectivity index (χ0n) is 11.8. The van der Waals surface area contributed by atoms with Crippen LogP contribution in [0.4, 0.5) is 0 Å². The van der Waals surface area contributed by atoms with Crippen LogP contribution in [0.1, 0.15) is 0 Å². The molecule has 4 heteroatoms. The van der Waals surface area contributed by atoms with Crippen molar-refractivity contribution in [2.24, 2.45) is 0 Å². The first-order valence-electron chi connectivity index (χ1n) is 5.47. The van der Waals surface area contributed by atoms with E-state index in [0.29, 0.717) is 0 Å². The molecule has 0 bridgehead atoms. The molecule has 0 aromatic rings. The van der Waals surface area contributed by atoms with Crippen molar-refractivity contribution in [1.29, 1.82) is 0 Å². The molecule has 1 radical (unpaired) electrons. The zero-order chi connectivity index (χ0) is 12.6. The van der Waals surface area contributed by atoms with Gasteiger partial charge in [-0.2, -0.15) is 0 Å². The molecule has 0 saturated carbocycles. The third kappa shape index (κ3) is 1.94. The minimum Gasteiger partial charge on any atom is -0.377 e. The predicted molar refractivity (Wildman–Crippen MR) is 68.4 cm³/mol. The predicted octanol–water partition coefficient (Wildman–Crippen LogP) is 0.141. The first-order valence-corrected chi connectivity index (χ1v) is 5.47. The molecule has 4 nitrogen and oxygen atoms in total. The second kappa shape index (κ2) is 4.45. The van der Waals surface area contributed by atoms with Gasteiger partial charge < -0.3 is 9.80 Å². The van der Waals surface area contributed by atoms with Gasteiger partial charge in [-0.05, 0) is 14.1 Å². The first-order chi connectivity index (χ1) is 7.29. The molecule has 0 N–H and O–H groups in total. The van der Waals surface area contributed by atoms with Crippen LogP contribution < -0.4 is 0 Å².